The van der Waals surface area contributed by atoms with Crippen LogP contribution in [0.15, 0.2) is 0 Å². The third kappa shape index (κ3) is 7.07. The largest absolute Gasteiger partial charge is 0.364 e. The van der Waals surface area contributed by atoms with E-state index in [2.05, 4.69) is 10.6 Å². The van der Waals surface area contributed by atoms with Gasteiger partial charge in [-0.25, -0.2) is 0 Å². The molecule has 0 aromatic heterocycles. The number of halogens is 1. The highest BCUT2D eigenvalue weighted by Crippen LogP contribution is 2.18. The number of ether oxygens (including phenoxy) is 1. The van der Waals surface area contributed by atoms with Gasteiger partial charge in [0.2, 0.25) is 11.8 Å². The number of hydrogen-bond donors (Lipinski definition) is 3. The van der Waals surface area contributed by atoms with Crippen LogP contribution < -0.4 is 16.4 Å². The molecule has 0 aromatic rings. The molecule has 2 amide bonds. The summed E-state index contributed by atoms with van der Waals surface area (Å²) in [5.41, 5.74) is 5.24. The SMILES string of the molecule is CC(C)(C)NC(=O)CCNC(=O)[C@@H]1CC[C@H](CN)O1.Cl. The lowest BCUT2D eigenvalue weighted by Gasteiger charge is -2.20. The number of amides is 2. The highest BCUT2D eigenvalue weighted by atomic mass is 35.5. The zero-order valence-corrected chi connectivity index (χ0v) is 13.2. The molecule has 7 heteroatoms. The molecule has 1 aliphatic rings. The highest BCUT2D eigenvalue weighted by Gasteiger charge is 2.29. The van der Waals surface area contributed by atoms with Crippen LogP contribution >= 0.6 is 12.4 Å². The normalized spacial score (nSPS) is 22.0. The first-order chi connectivity index (χ1) is 8.81. The average molecular weight is 308 g/mol. The van der Waals surface area contributed by atoms with Gasteiger partial charge in [-0.1, -0.05) is 0 Å². The zero-order chi connectivity index (χ0) is 14.5. The molecule has 4 N–H and O–H groups in total. The molecular formula is C13H26ClN3O3. The van der Waals surface area contributed by atoms with Gasteiger partial charge in [0.25, 0.3) is 0 Å². The summed E-state index contributed by atoms with van der Waals surface area (Å²) in [7, 11) is 0. The second-order valence-corrected chi connectivity index (χ2v) is 5.90. The fraction of sp³-hybridized carbons (Fsp3) is 0.846. The van der Waals surface area contributed by atoms with E-state index in [0.717, 1.165) is 6.42 Å². The second kappa shape index (κ2) is 8.44. The maximum Gasteiger partial charge on any atom is 0.249 e. The summed E-state index contributed by atoms with van der Waals surface area (Å²) in [5, 5.41) is 5.56. The van der Waals surface area contributed by atoms with Gasteiger partial charge >= 0.3 is 0 Å². The first-order valence-electron chi connectivity index (χ1n) is 6.76. The van der Waals surface area contributed by atoms with Crippen LogP contribution in [0.25, 0.3) is 0 Å². The quantitative estimate of drug-likeness (QED) is 0.682. The van der Waals surface area contributed by atoms with E-state index in [9.17, 15) is 9.59 Å². The fourth-order valence-corrected chi connectivity index (χ4v) is 1.97. The summed E-state index contributed by atoms with van der Waals surface area (Å²) in [6.07, 6.45) is 1.36. The van der Waals surface area contributed by atoms with E-state index in [1.807, 2.05) is 20.8 Å². The van der Waals surface area contributed by atoms with Crippen molar-refractivity contribution in [3.8, 4) is 0 Å². The van der Waals surface area contributed by atoms with Crippen LogP contribution in [0, 0.1) is 0 Å². The van der Waals surface area contributed by atoms with Crippen molar-refractivity contribution in [3.05, 3.63) is 0 Å². The van der Waals surface area contributed by atoms with Crippen molar-refractivity contribution in [1.29, 1.82) is 0 Å². The minimum Gasteiger partial charge on any atom is -0.364 e. The molecule has 0 aliphatic carbocycles. The molecule has 1 aliphatic heterocycles. The summed E-state index contributed by atoms with van der Waals surface area (Å²) >= 11 is 0. The van der Waals surface area contributed by atoms with Gasteiger partial charge < -0.3 is 21.1 Å². The average Bonchev–Trinajstić information content (AvgIpc) is 2.74. The molecular weight excluding hydrogens is 282 g/mol. The van der Waals surface area contributed by atoms with Crippen molar-refractivity contribution in [3.63, 3.8) is 0 Å². The van der Waals surface area contributed by atoms with Gasteiger partial charge in [-0.15, -0.1) is 12.4 Å². The van der Waals surface area contributed by atoms with Gasteiger partial charge in [0.05, 0.1) is 6.10 Å². The molecule has 20 heavy (non-hydrogen) atoms. The topological polar surface area (TPSA) is 93.5 Å². The predicted molar refractivity (Wildman–Crippen MR) is 79.7 cm³/mol. The lowest BCUT2D eigenvalue weighted by atomic mass is 10.1. The third-order valence-electron chi connectivity index (χ3n) is 2.83. The molecule has 0 bridgehead atoms. The van der Waals surface area contributed by atoms with Crippen molar-refractivity contribution in [2.75, 3.05) is 13.1 Å². The fourth-order valence-electron chi connectivity index (χ4n) is 1.97. The Morgan fingerprint density at radius 3 is 2.45 bits per heavy atom. The van der Waals surface area contributed by atoms with Gasteiger partial charge in [0, 0.05) is 25.0 Å². The molecule has 1 saturated heterocycles. The van der Waals surface area contributed by atoms with Crippen molar-refractivity contribution in [2.45, 2.75) is 57.8 Å². The maximum atomic E-state index is 11.8. The van der Waals surface area contributed by atoms with Crippen molar-refractivity contribution in [2.24, 2.45) is 5.73 Å². The first-order valence-corrected chi connectivity index (χ1v) is 6.76. The molecule has 2 atom stereocenters. The lowest BCUT2D eigenvalue weighted by Crippen LogP contribution is -2.43. The molecule has 118 valence electrons. The Morgan fingerprint density at radius 2 is 1.95 bits per heavy atom. The van der Waals surface area contributed by atoms with Crippen LogP contribution in [-0.4, -0.2) is 42.7 Å². The van der Waals surface area contributed by atoms with Crippen molar-refractivity contribution >= 4 is 24.2 Å². The van der Waals surface area contributed by atoms with E-state index in [-0.39, 0.29) is 42.3 Å². The Balaban J connectivity index is 0.00000361. The number of rotatable bonds is 5. The van der Waals surface area contributed by atoms with E-state index in [1.54, 1.807) is 0 Å². The van der Waals surface area contributed by atoms with Crippen molar-refractivity contribution < 1.29 is 14.3 Å². The second-order valence-electron chi connectivity index (χ2n) is 5.90. The van der Waals surface area contributed by atoms with Gasteiger partial charge in [0.15, 0.2) is 0 Å². The molecule has 1 fully saturated rings. The van der Waals surface area contributed by atoms with Crippen LogP contribution in [0.5, 0.6) is 0 Å². The molecule has 0 radical (unpaired) electrons. The molecule has 1 rings (SSSR count). The van der Waals surface area contributed by atoms with E-state index in [1.165, 1.54) is 0 Å². The number of hydrogen-bond acceptors (Lipinski definition) is 4. The Labute approximate surface area is 126 Å². The molecule has 0 unspecified atom stereocenters. The molecule has 0 saturated carbocycles. The van der Waals surface area contributed by atoms with E-state index in [0.29, 0.717) is 19.5 Å². The third-order valence-corrected chi connectivity index (χ3v) is 2.83. The smallest absolute Gasteiger partial charge is 0.249 e. The predicted octanol–water partition coefficient (Wildman–Crippen LogP) is 0.336. The van der Waals surface area contributed by atoms with Gasteiger partial charge in [-0.05, 0) is 33.6 Å². The molecule has 6 nitrogen and oxygen atoms in total. The number of carbonyl (C=O) groups is 2. The summed E-state index contributed by atoms with van der Waals surface area (Å²) < 4.78 is 5.47. The Morgan fingerprint density at radius 1 is 1.30 bits per heavy atom. The number of carbonyl (C=O) groups excluding carboxylic acids is 2. The molecule has 0 aromatic carbocycles. The first kappa shape index (κ1) is 19.1. The number of nitrogens with two attached hydrogens (primary N) is 1. The van der Waals surface area contributed by atoms with E-state index in [4.69, 9.17) is 10.5 Å². The van der Waals surface area contributed by atoms with E-state index >= 15 is 0 Å². The van der Waals surface area contributed by atoms with Gasteiger partial charge in [-0.3, -0.25) is 9.59 Å². The van der Waals surface area contributed by atoms with Crippen LogP contribution in [-0.2, 0) is 14.3 Å². The zero-order valence-electron chi connectivity index (χ0n) is 12.4. The molecule has 0 spiro atoms. The van der Waals surface area contributed by atoms with E-state index < -0.39 is 6.10 Å². The monoisotopic (exact) mass is 307 g/mol. The minimum atomic E-state index is -0.417. The lowest BCUT2D eigenvalue weighted by molar-refractivity contribution is -0.132. The van der Waals surface area contributed by atoms with Crippen LogP contribution in [0.4, 0.5) is 0 Å². The van der Waals surface area contributed by atoms with Crippen LogP contribution in [0.2, 0.25) is 0 Å². The Hall–Kier alpha value is -0.850. The molecule has 1 heterocycles. The Bertz CT molecular complexity index is 331. The summed E-state index contributed by atoms with van der Waals surface area (Å²) in [5.74, 6) is -0.223. The van der Waals surface area contributed by atoms with Gasteiger partial charge in [0.1, 0.15) is 6.10 Å². The standard InChI is InChI=1S/C13H25N3O3.ClH/c1-13(2,3)16-11(17)6-7-15-12(18)10-5-4-9(8-14)19-10;/h9-10H,4-8,14H2,1-3H3,(H,15,18)(H,16,17);1H/t9-,10+;/m1./s1. The van der Waals surface area contributed by atoms with Gasteiger partial charge in [-0.2, -0.15) is 0 Å². The summed E-state index contributed by atoms with van der Waals surface area (Å²) in [6.45, 7) is 6.53. The van der Waals surface area contributed by atoms with Crippen LogP contribution in [0.3, 0.4) is 0 Å². The van der Waals surface area contributed by atoms with Crippen LogP contribution in [0.1, 0.15) is 40.0 Å². The minimum absolute atomic E-state index is 0. The maximum absolute atomic E-state index is 11.8. The van der Waals surface area contributed by atoms with Crippen molar-refractivity contribution in [1.82, 2.24) is 10.6 Å². The Kier molecular flexibility index (Phi) is 8.08. The summed E-state index contributed by atoms with van der Waals surface area (Å²) in [6, 6.07) is 0. The summed E-state index contributed by atoms with van der Waals surface area (Å²) in [4.78, 5) is 23.3. The number of nitrogens with one attached hydrogen (secondary N) is 2. The highest BCUT2D eigenvalue weighted by molar-refractivity contribution is 5.85.